The van der Waals surface area contributed by atoms with Crippen molar-refractivity contribution in [2.24, 2.45) is 12.5 Å². The summed E-state index contributed by atoms with van der Waals surface area (Å²) < 4.78 is 3.63. The molecule has 0 aliphatic heterocycles. The molecule has 1 aliphatic rings. The van der Waals surface area contributed by atoms with Crippen molar-refractivity contribution in [3.63, 3.8) is 0 Å². The molecule has 2 unspecified atom stereocenters. The molecule has 24 heavy (non-hydrogen) atoms. The second-order valence-corrected chi connectivity index (χ2v) is 7.18. The van der Waals surface area contributed by atoms with Crippen molar-refractivity contribution in [3.05, 3.63) is 51.9 Å². The summed E-state index contributed by atoms with van der Waals surface area (Å²) in [5, 5.41) is 13.2. The SMILES string of the molecule is Cc1c(CNC2CCCC2(C)CO)c(=O)n(-c2ccccc2)n1C. The summed E-state index contributed by atoms with van der Waals surface area (Å²) in [5.41, 5.74) is 2.59. The van der Waals surface area contributed by atoms with Crippen LogP contribution in [0, 0.1) is 12.3 Å². The van der Waals surface area contributed by atoms with Gasteiger partial charge in [0.15, 0.2) is 0 Å². The van der Waals surface area contributed by atoms with Crippen LogP contribution < -0.4 is 10.9 Å². The molecule has 2 N–H and O–H groups in total. The molecule has 0 radical (unpaired) electrons. The molecule has 1 aliphatic carbocycles. The van der Waals surface area contributed by atoms with Gasteiger partial charge in [0.25, 0.3) is 5.56 Å². The van der Waals surface area contributed by atoms with E-state index in [0.29, 0.717) is 6.54 Å². The molecule has 130 valence electrons. The summed E-state index contributed by atoms with van der Waals surface area (Å²) in [5.74, 6) is 0. The Labute approximate surface area is 142 Å². The molecule has 1 aromatic heterocycles. The van der Waals surface area contributed by atoms with Crippen LogP contribution in [0.2, 0.25) is 0 Å². The summed E-state index contributed by atoms with van der Waals surface area (Å²) in [6.07, 6.45) is 3.20. The normalized spacial score (nSPS) is 23.8. The topological polar surface area (TPSA) is 59.2 Å². The molecule has 1 heterocycles. The molecule has 1 fully saturated rings. The molecule has 0 amide bonds. The van der Waals surface area contributed by atoms with Crippen LogP contribution >= 0.6 is 0 Å². The van der Waals surface area contributed by atoms with E-state index in [2.05, 4.69) is 12.2 Å². The highest BCUT2D eigenvalue weighted by Gasteiger charge is 2.38. The van der Waals surface area contributed by atoms with E-state index in [0.717, 1.165) is 36.2 Å². The van der Waals surface area contributed by atoms with E-state index >= 15 is 0 Å². The molecule has 0 saturated heterocycles. The Morgan fingerprint density at radius 1 is 1.33 bits per heavy atom. The van der Waals surface area contributed by atoms with E-state index in [9.17, 15) is 9.90 Å². The number of aromatic nitrogens is 2. The van der Waals surface area contributed by atoms with Gasteiger partial charge in [-0.1, -0.05) is 31.5 Å². The fourth-order valence-electron chi connectivity index (χ4n) is 3.82. The predicted molar refractivity (Wildman–Crippen MR) is 95.4 cm³/mol. The lowest BCUT2D eigenvalue weighted by atomic mass is 9.86. The Bertz CT molecular complexity index is 763. The molecular formula is C19H27N3O2. The Hall–Kier alpha value is -1.85. The number of para-hydroxylation sites is 1. The third-order valence-corrected chi connectivity index (χ3v) is 5.64. The minimum Gasteiger partial charge on any atom is -0.396 e. The van der Waals surface area contributed by atoms with E-state index in [1.807, 2.05) is 49.0 Å². The first-order valence-electron chi connectivity index (χ1n) is 8.65. The Morgan fingerprint density at radius 2 is 2.04 bits per heavy atom. The average Bonchev–Trinajstić information content (AvgIpc) is 3.06. The summed E-state index contributed by atoms with van der Waals surface area (Å²) in [6.45, 7) is 4.83. The van der Waals surface area contributed by atoms with Crippen LogP contribution in [0.15, 0.2) is 35.1 Å². The maximum atomic E-state index is 12.9. The van der Waals surface area contributed by atoms with E-state index in [1.54, 1.807) is 4.68 Å². The Morgan fingerprint density at radius 3 is 2.71 bits per heavy atom. The van der Waals surface area contributed by atoms with Gasteiger partial charge in [-0.3, -0.25) is 9.48 Å². The first kappa shape index (κ1) is 17.0. The third kappa shape index (κ3) is 2.82. The van der Waals surface area contributed by atoms with Crippen molar-refractivity contribution in [1.29, 1.82) is 0 Å². The summed E-state index contributed by atoms with van der Waals surface area (Å²) in [4.78, 5) is 12.9. The lowest BCUT2D eigenvalue weighted by Crippen LogP contribution is -2.42. The van der Waals surface area contributed by atoms with Gasteiger partial charge >= 0.3 is 0 Å². The van der Waals surface area contributed by atoms with Crippen LogP contribution in [-0.2, 0) is 13.6 Å². The second kappa shape index (κ2) is 6.57. The van der Waals surface area contributed by atoms with Gasteiger partial charge in [0, 0.05) is 37.4 Å². The first-order valence-corrected chi connectivity index (χ1v) is 8.65. The number of aliphatic hydroxyl groups excluding tert-OH is 1. The van der Waals surface area contributed by atoms with Gasteiger partial charge in [-0.25, -0.2) is 4.68 Å². The molecule has 0 bridgehead atoms. The minimum absolute atomic E-state index is 0.0254. The van der Waals surface area contributed by atoms with Crippen LogP contribution in [0.1, 0.15) is 37.4 Å². The van der Waals surface area contributed by atoms with Crippen molar-refractivity contribution in [2.75, 3.05) is 6.61 Å². The second-order valence-electron chi connectivity index (χ2n) is 7.18. The van der Waals surface area contributed by atoms with Crippen molar-refractivity contribution in [2.45, 2.75) is 45.7 Å². The number of hydrogen-bond donors (Lipinski definition) is 2. The highest BCUT2D eigenvalue weighted by Crippen LogP contribution is 2.37. The minimum atomic E-state index is -0.0822. The zero-order valence-corrected chi connectivity index (χ0v) is 14.7. The molecule has 2 aromatic rings. The summed E-state index contributed by atoms with van der Waals surface area (Å²) >= 11 is 0. The fraction of sp³-hybridized carbons (Fsp3) is 0.526. The zero-order valence-electron chi connectivity index (χ0n) is 14.7. The highest BCUT2D eigenvalue weighted by molar-refractivity contribution is 5.33. The molecule has 5 nitrogen and oxygen atoms in total. The van der Waals surface area contributed by atoms with E-state index in [-0.39, 0.29) is 23.6 Å². The molecule has 3 rings (SSSR count). The molecule has 2 atom stereocenters. The van der Waals surface area contributed by atoms with E-state index in [4.69, 9.17) is 0 Å². The molecular weight excluding hydrogens is 302 g/mol. The molecule has 1 saturated carbocycles. The largest absolute Gasteiger partial charge is 0.396 e. The average molecular weight is 329 g/mol. The monoisotopic (exact) mass is 329 g/mol. The van der Waals surface area contributed by atoms with E-state index < -0.39 is 0 Å². The van der Waals surface area contributed by atoms with Crippen molar-refractivity contribution in [3.8, 4) is 5.69 Å². The first-order chi connectivity index (χ1) is 11.5. The van der Waals surface area contributed by atoms with Gasteiger partial charge in [0.2, 0.25) is 0 Å². The third-order valence-electron chi connectivity index (χ3n) is 5.64. The van der Waals surface area contributed by atoms with Crippen LogP contribution in [0.4, 0.5) is 0 Å². The fourth-order valence-corrected chi connectivity index (χ4v) is 3.82. The number of aliphatic hydroxyl groups is 1. The Kier molecular flexibility index (Phi) is 4.65. The summed E-state index contributed by atoms with van der Waals surface area (Å²) in [7, 11) is 1.92. The van der Waals surface area contributed by atoms with Crippen LogP contribution in [0.3, 0.4) is 0 Å². The quantitative estimate of drug-likeness (QED) is 0.883. The van der Waals surface area contributed by atoms with Crippen LogP contribution in [0.25, 0.3) is 5.69 Å². The van der Waals surface area contributed by atoms with Gasteiger partial charge in [-0.15, -0.1) is 0 Å². The predicted octanol–water partition coefficient (Wildman–Crippen LogP) is 2.13. The van der Waals surface area contributed by atoms with Gasteiger partial charge in [-0.05, 0) is 31.9 Å². The van der Waals surface area contributed by atoms with Gasteiger partial charge < -0.3 is 10.4 Å². The van der Waals surface area contributed by atoms with Crippen molar-refractivity contribution in [1.82, 2.24) is 14.7 Å². The summed E-state index contributed by atoms with van der Waals surface area (Å²) in [6, 6.07) is 9.96. The molecule has 1 aromatic carbocycles. The number of nitrogens with zero attached hydrogens (tertiary/aromatic N) is 2. The zero-order chi connectivity index (χ0) is 17.3. The highest BCUT2D eigenvalue weighted by atomic mass is 16.3. The number of rotatable bonds is 5. The molecule has 0 spiro atoms. The maximum Gasteiger partial charge on any atom is 0.276 e. The number of nitrogens with one attached hydrogen (secondary N) is 1. The smallest absolute Gasteiger partial charge is 0.276 e. The van der Waals surface area contributed by atoms with Crippen molar-refractivity contribution < 1.29 is 5.11 Å². The lowest BCUT2D eigenvalue weighted by Gasteiger charge is -2.30. The van der Waals surface area contributed by atoms with Gasteiger partial charge in [0.1, 0.15) is 0 Å². The number of hydrogen-bond acceptors (Lipinski definition) is 3. The molecule has 5 heteroatoms. The number of benzene rings is 1. The van der Waals surface area contributed by atoms with Gasteiger partial charge in [-0.2, -0.15) is 0 Å². The maximum absolute atomic E-state index is 12.9. The van der Waals surface area contributed by atoms with Crippen LogP contribution in [-0.4, -0.2) is 27.1 Å². The van der Waals surface area contributed by atoms with Gasteiger partial charge in [0.05, 0.1) is 11.3 Å². The Balaban J connectivity index is 1.86. The van der Waals surface area contributed by atoms with E-state index in [1.165, 1.54) is 0 Å². The van der Waals surface area contributed by atoms with Crippen LogP contribution in [0.5, 0.6) is 0 Å². The standard InChI is InChI=1S/C19H27N3O2/c1-14-16(12-20-17-10-7-11-19(17,2)13-23)18(24)22(21(14)3)15-8-5-4-6-9-15/h4-6,8-9,17,20,23H,7,10-13H2,1-3H3. The van der Waals surface area contributed by atoms with Crippen molar-refractivity contribution >= 4 is 0 Å². The lowest BCUT2D eigenvalue weighted by molar-refractivity contribution is 0.118.